The lowest BCUT2D eigenvalue weighted by molar-refractivity contribution is 0.233. The zero-order valence-electron chi connectivity index (χ0n) is 8.88. The van der Waals surface area contributed by atoms with Gasteiger partial charge in [0.1, 0.15) is 0 Å². The van der Waals surface area contributed by atoms with Crippen LogP contribution in [0.1, 0.15) is 33.6 Å². The number of hydrogen-bond acceptors (Lipinski definition) is 2. The van der Waals surface area contributed by atoms with Gasteiger partial charge in [-0.2, -0.15) is 12.6 Å². The molecule has 0 aliphatic rings. The molecule has 0 aromatic rings. The van der Waals surface area contributed by atoms with E-state index in [2.05, 4.69) is 45.3 Å². The van der Waals surface area contributed by atoms with Crippen molar-refractivity contribution in [1.82, 2.24) is 4.90 Å². The standard InChI is InChI=1S/C10H23NS/c1-5-6-10(8-12)7-11(4)9(2)3/h9-10,12H,5-8H2,1-4H3. The molecule has 74 valence electrons. The molecule has 0 spiro atoms. The van der Waals surface area contributed by atoms with Gasteiger partial charge in [-0.1, -0.05) is 13.3 Å². The molecule has 0 aromatic heterocycles. The van der Waals surface area contributed by atoms with Gasteiger partial charge < -0.3 is 4.90 Å². The Morgan fingerprint density at radius 1 is 1.33 bits per heavy atom. The van der Waals surface area contributed by atoms with E-state index in [0.717, 1.165) is 11.7 Å². The summed E-state index contributed by atoms with van der Waals surface area (Å²) in [5.74, 6) is 1.79. The summed E-state index contributed by atoms with van der Waals surface area (Å²) < 4.78 is 0. The monoisotopic (exact) mass is 189 g/mol. The molecular formula is C10H23NS. The molecule has 0 rings (SSSR count). The highest BCUT2D eigenvalue weighted by Crippen LogP contribution is 2.10. The van der Waals surface area contributed by atoms with Crippen LogP contribution in [0.25, 0.3) is 0 Å². The van der Waals surface area contributed by atoms with Crippen LogP contribution in [0.5, 0.6) is 0 Å². The number of nitrogens with zero attached hydrogens (tertiary/aromatic N) is 1. The SMILES string of the molecule is CCCC(CS)CN(C)C(C)C. The first-order valence-corrected chi connectivity index (χ1v) is 5.56. The van der Waals surface area contributed by atoms with E-state index in [1.54, 1.807) is 0 Å². The molecule has 0 radical (unpaired) electrons. The van der Waals surface area contributed by atoms with Gasteiger partial charge in [0.15, 0.2) is 0 Å². The van der Waals surface area contributed by atoms with Crippen LogP contribution in [0.3, 0.4) is 0 Å². The topological polar surface area (TPSA) is 3.24 Å². The van der Waals surface area contributed by atoms with E-state index < -0.39 is 0 Å². The zero-order valence-corrected chi connectivity index (χ0v) is 9.77. The van der Waals surface area contributed by atoms with Crippen LogP contribution in [0.2, 0.25) is 0 Å². The minimum absolute atomic E-state index is 0.657. The third kappa shape index (κ3) is 5.04. The average molecular weight is 189 g/mol. The molecule has 0 aliphatic carbocycles. The van der Waals surface area contributed by atoms with Crippen LogP contribution in [0, 0.1) is 5.92 Å². The summed E-state index contributed by atoms with van der Waals surface area (Å²) in [4.78, 5) is 2.40. The van der Waals surface area contributed by atoms with Gasteiger partial charge in [0, 0.05) is 12.6 Å². The van der Waals surface area contributed by atoms with Crippen molar-refractivity contribution in [2.24, 2.45) is 5.92 Å². The van der Waals surface area contributed by atoms with Crippen molar-refractivity contribution in [1.29, 1.82) is 0 Å². The number of hydrogen-bond donors (Lipinski definition) is 1. The van der Waals surface area contributed by atoms with Crippen molar-refractivity contribution in [2.45, 2.75) is 39.7 Å². The predicted molar refractivity (Wildman–Crippen MR) is 60.0 cm³/mol. The van der Waals surface area contributed by atoms with Crippen LogP contribution in [0.4, 0.5) is 0 Å². The van der Waals surface area contributed by atoms with E-state index in [-0.39, 0.29) is 0 Å². The molecule has 0 aliphatic heterocycles. The smallest absolute Gasteiger partial charge is 0.00356 e. The molecule has 0 saturated heterocycles. The maximum absolute atomic E-state index is 4.37. The Morgan fingerprint density at radius 2 is 1.92 bits per heavy atom. The lowest BCUT2D eigenvalue weighted by Gasteiger charge is -2.25. The first-order valence-electron chi connectivity index (χ1n) is 4.92. The molecule has 0 N–H and O–H groups in total. The Morgan fingerprint density at radius 3 is 2.25 bits per heavy atom. The molecule has 0 aromatic carbocycles. The van der Waals surface area contributed by atoms with Crippen molar-refractivity contribution >= 4 is 12.6 Å². The number of rotatable bonds is 6. The van der Waals surface area contributed by atoms with E-state index in [0.29, 0.717) is 6.04 Å². The van der Waals surface area contributed by atoms with E-state index >= 15 is 0 Å². The first kappa shape index (κ1) is 12.3. The predicted octanol–water partition coefficient (Wildman–Crippen LogP) is 2.67. The summed E-state index contributed by atoms with van der Waals surface area (Å²) in [6.45, 7) is 7.91. The Labute approximate surface area is 82.9 Å². The molecule has 0 bridgehead atoms. The van der Waals surface area contributed by atoms with E-state index in [1.165, 1.54) is 19.4 Å². The lowest BCUT2D eigenvalue weighted by atomic mass is 10.1. The molecule has 0 saturated carbocycles. The summed E-state index contributed by atoms with van der Waals surface area (Å²) in [6.07, 6.45) is 2.58. The van der Waals surface area contributed by atoms with E-state index in [4.69, 9.17) is 0 Å². The van der Waals surface area contributed by atoms with Gasteiger partial charge in [-0.05, 0) is 39.0 Å². The molecule has 1 unspecified atom stereocenters. The average Bonchev–Trinajstić information content (AvgIpc) is 2.03. The Kier molecular flexibility index (Phi) is 6.96. The van der Waals surface area contributed by atoms with Crippen LogP contribution >= 0.6 is 12.6 Å². The fraction of sp³-hybridized carbons (Fsp3) is 1.00. The minimum atomic E-state index is 0.657. The maximum Gasteiger partial charge on any atom is 0.00356 e. The van der Waals surface area contributed by atoms with E-state index in [1.807, 2.05) is 0 Å². The normalized spacial score (nSPS) is 14.2. The van der Waals surface area contributed by atoms with Crippen LogP contribution < -0.4 is 0 Å². The lowest BCUT2D eigenvalue weighted by Crippen LogP contribution is -2.32. The highest BCUT2D eigenvalue weighted by molar-refractivity contribution is 7.80. The number of thiol groups is 1. The summed E-state index contributed by atoms with van der Waals surface area (Å²) in [7, 11) is 2.19. The van der Waals surface area contributed by atoms with Crippen molar-refractivity contribution < 1.29 is 0 Å². The van der Waals surface area contributed by atoms with Gasteiger partial charge in [0.25, 0.3) is 0 Å². The zero-order chi connectivity index (χ0) is 9.56. The minimum Gasteiger partial charge on any atom is -0.304 e. The van der Waals surface area contributed by atoms with Gasteiger partial charge in [-0.3, -0.25) is 0 Å². The van der Waals surface area contributed by atoms with Crippen LogP contribution in [-0.2, 0) is 0 Å². The summed E-state index contributed by atoms with van der Waals surface area (Å²) in [5.41, 5.74) is 0. The molecule has 12 heavy (non-hydrogen) atoms. The third-order valence-corrected chi connectivity index (χ3v) is 2.90. The Hall–Kier alpha value is 0.310. The second kappa shape index (κ2) is 6.79. The Balaban J connectivity index is 3.68. The molecule has 0 amide bonds. The summed E-state index contributed by atoms with van der Waals surface area (Å²) in [6, 6.07) is 0.657. The molecule has 1 nitrogen and oxygen atoms in total. The quantitative estimate of drug-likeness (QED) is 0.629. The molecule has 0 fully saturated rings. The van der Waals surface area contributed by atoms with Gasteiger partial charge >= 0.3 is 0 Å². The summed E-state index contributed by atoms with van der Waals surface area (Å²) >= 11 is 4.37. The van der Waals surface area contributed by atoms with Crippen molar-refractivity contribution in [3.8, 4) is 0 Å². The second-order valence-electron chi connectivity index (χ2n) is 3.87. The fourth-order valence-corrected chi connectivity index (χ4v) is 1.56. The third-order valence-electron chi connectivity index (χ3n) is 2.38. The molecule has 0 heterocycles. The van der Waals surface area contributed by atoms with Crippen molar-refractivity contribution in [3.05, 3.63) is 0 Å². The molecule has 2 heteroatoms. The van der Waals surface area contributed by atoms with Crippen LogP contribution in [-0.4, -0.2) is 30.3 Å². The van der Waals surface area contributed by atoms with E-state index in [9.17, 15) is 0 Å². The first-order chi connectivity index (χ1) is 5.61. The molecular weight excluding hydrogens is 166 g/mol. The van der Waals surface area contributed by atoms with Crippen LogP contribution in [0.15, 0.2) is 0 Å². The Bertz CT molecular complexity index is 104. The van der Waals surface area contributed by atoms with Gasteiger partial charge in [-0.15, -0.1) is 0 Å². The maximum atomic E-state index is 4.37. The van der Waals surface area contributed by atoms with Crippen molar-refractivity contribution in [3.63, 3.8) is 0 Å². The van der Waals surface area contributed by atoms with Gasteiger partial charge in [0.05, 0.1) is 0 Å². The highest BCUT2D eigenvalue weighted by atomic mass is 32.1. The second-order valence-corrected chi connectivity index (χ2v) is 4.24. The molecule has 1 atom stereocenters. The van der Waals surface area contributed by atoms with Crippen molar-refractivity contribution in [2.75, 3.05) is 19.3 Å². The largest absolute Gasteiger partial charge is 0.304 e. The summed E-state index contributed by atoms with van der Waals surface area (Å²) in [5, 5.41) is 0. The highest BCUT2D eigenvalue weighted by Gasteiger charge is 2.10. The van der Waals surface area contributed by atoms with Gasteiger partial charge in [-0.25, -0.2) is 0 Å². The fourth-order valence-electron chi connectivity index (χ4n) is 1.27. The van der Waals surface area contributed by atoms with Gasteiger partial charge in [0.2, 0.25) is 0 Å².